The molecule has 18 heavy (non-hydrogen) atoms. The van der Waals surface area contributed by atoms with Crippen LogP contribution in [-0.2, 0) is 6.54 Å². The Bertz CT molecular complexity index is 323. The highest BCUT2D eigenvalue weighted by atomic mass is 14.9. The van der Waals surface area contributed by atoms with E-state index < -0.39 is 0 Å². The highest BCUT2D eigenvalue weighted by Crippen LogP contribution is 2.31. The van der Waals surface area contributed by atoms with E-state index in [9.17, 15) is 0 Å². The molecule has 100 valence electrons. The van der Waals surface area contributed by atoms with Gasteiger partial charge < -0.3 is 11.1 Å². The molecule has 0 bridgehead atoms. The maximum atomic E-state index is 5.47. The van der Waals surface area contributed by atoms with Crippen LogP contribution in [0.1, 0.15) is 55.6 Å². The lowest BCUT2D eigenvalue weighted by Gasteiger charge is -2.15. The highest BCUT2D eigenvalue weighted by molar-refractivity contribution is 5.25. The SMILES string of the molecule is NCCNCc1ccc(C2CCCCCC2)cc1. The monoisotopic (exact) mass is 246 g/mol. The largest absolute Gasteiger partial charge is 0.329 e. The van der Waals surface area contributed by atoms with Crippen molar-refractivity contribution in [3.8, 4) is 0 Å². The summed E-state index contributed by atoms with van der Waals surface area (Å²) in [5.74, 6) is 0.804. The second-order valence-electron chi connectivity index (χ2n) is 5.40. The molecule has 2 nitrogen and oxygen atoms in total. The summed E-state index contributed by atoms with van der Waals surface area (Å²) < 4.78 is 0. The third-order valence-electron chi connectivity index (χ3n) is 3.96. The molecule has 0 spiro atoms. The minimum atomic E-state index is 0.708. The van der Waals surface area contributed by atoms with Crippen molar-refractivity contribution in [3.05, 3.63) is 35.4 Å². The summed E-state index contributed by atoms with van der Waals surface area (Å²) in [6, 6.07) is 9.19. The van der Waals surface area contributed by atoms with Crippen LogP contribution in [0.3, 0.4) is 0 Å². The Labute approximate surface area is 111 Å². The van der Waals surface area contributed by atoms with E-state index in [0.29, 0.717) is 6.54 Å². The van der Waals surface area contributed by atoms with Gasteiger partial charge in [-0.3, -0.25) is 0 Å². The maximum Gasteiger partial charge on any atom is 0.0206 e. The van der Waals surface area contributed by atoms with E-state index in [0.717, 1.165) is 19.0 Å². The van der Waals surface area contributed by atoms with Gasteiger partial charge in [0, 0.05) is 19.6 Å². The molecule has 0 amide bonds. The lowest BCUT2D eigenvalue weighted by Crippen LogP contribution is -2.21. The van der Waals surface area contributed by atoms with Crippen molar-refractivity contribution in [2.45, 2.75) is 51.0 Å². The van der Waals surface area contributed by atoms with E-state index in [4.69, 9.17) is 5.73 Å². The van der Waals surface area contributed by atoms with Gasteiger partial charge in [0.25, 0.3) is 0 Å². The minimum absolute atomic E-state index is 0.708. The molecule has 1 saturated carbocycles. The van der Waals surface area contributed by atoms with Gasteiger partial charge >= 0.3 is 0 Å². The number of nitrogens with one attached hydrogen (secondary N) is 1. The molecule has 1 aromatic carbocycles. The molecule has 0 saturated heterocycles. The predicted octanol–water partition coefficient (Wildman–Crippen LogP) is 3.17. The second kappa shape index (κ2) is 7.55. The smallest absolute Gasteiger partial charge is 0.0206 e. The Morgan fingerprint density at radius 1 is 1.00 bits per heavy atom. The van der Waals surface area contributed by atoms with Gasteiger partial charge in [0.2, 0.25) is 0 Å². The van der Waals surface area contributed by atoms with Crippen LogP contribution in [-0.4, -0.2) is 13.1 Å². The number of hydrogen-bond acceptors (Lipinski definition) is 2. The minimum Gasteiger partial charge on any atom is -0.329 e. The molecule has 3 N–H and O–H groups in total. The summed E-state index contributed by atoms with van der Waals surface area (Å²) >= 11 is 0. The van der Waals surface area contributed by atoms with Crippen molar-refractivity contribution in [1.29, 1.82) is 0 Å². The zero-order valence-electron chi connectivity index (χ0n) is 11.3. The lowest BCUT2D eigenvalue weighted by atomic mass is 9.91. The van der Waals surface area contributed by atoms with Crippen molar-refractivity contribution in [3.63, 3.8) is 0 Å². The Kier molecular flexibility index (Phi) is 5.69. The van der Waals surface area contributed by atoms with Crippen LogP contribution in [0, 0.1) is 0 Å². The summed E-state index contributed by atoms with van der Waals surface area (Å²) in [4.78, 5) is 0. The first-order valence-corrected chi connectivity index (χ1v) is 7.40. The number of rotatable bonds is 5. The number of hydrogen-bond donors (Lipinski definition) is 2. The number of benzene rings is 1. The van der Waals surface area contributed by atoms with Gasteiger partial charge in [-0.25, -0.2) is 0 Å². The molecule has 0 radical (unpaired) electrons. The Hall–Kier alpha value is -0.860. The molecule has 0 aromatic heterocycles. The van der Waals surface area contributed by atoms with Gasteiger partial charge in [-0.2, -0.15) is 0 Å². The zero-order chi connectivity index (χ0) is 12.6. The van der Waals surface area contributed by atoms with Gasteiger partial charge in [-0.15, -0.1) is 0 Å². The van der Waals surface area contributed by atoms with Gasteiger partial charge in [-0.05, 0) is 29.9 Å². The van der Waals surface area contributed by atoms with Crippen LogP contribution in [0.15, 0.2) is 24.3 Å². The Morgan fingerprint density at radius 3 is 2.28 bits per heavy atom. The van der Waals surface area contributed by atoms with Crippen LogP contribution in [0.4, 0.5) is 0 Å². The molecule has 0 atom stereocenters. The van der Waals surface area contributed by atoms with E-state index >= 15 is 0 Å². The molecule has 0 unspecified atom stereocenters. The molecule has 1 aromatic rings. The van der Waals surface area contributed by atoms with Crippen molar-refractivity contribution < 1.29 is 0 Å². The third kappa shape index (κ3) is 4.11. The summed E-state index contributed by atoms with van der Waals surface area (Å²) in [7, 11) is 0. The van der Waals surface area contributed by atoms with E-state index in [1.807, 2.05) is 0 Å². The van der Waals surface area contributed by atoms with E-state index in [2.05, 4.69) is 29.6 Å². The zero-order valence-corrected chi connectivity index (χ0v) is 11.3. The standard InChI is InChI=1S/C16H26N2/c17-11-12-18-13-14-7-9-16(10-8-14)15-5-3-1-2-4-6-15/h7-10,15,18H,1-6,11-13,17H2. The second-order valence-corrected chi connectivity index (χ2v) is 5.40. The molecule has 2 heteroatoms. The number of nitrogens with two attached hydrogens (primary N) is 1. The first kappa shape index (κ1) is 13.6. The Balaban J connectivity index is 1.89. The van der Waals surface area contributed by atoms with Crippen LogP contribution >= 0.6 is 0 Å². The molecule has 1 fully saturated rings. The van der Waals surface area contributed by atoms with Crippen LogP contribution in [0.25, 0.3) is 0 Å². The maximum absolute atomic E-state index is 5.47. The average molecular weight is 246 g/mol. The van der Waals surface area contributed by atoms with E-state index in [1.54, 1.807) is 5.56 Å². The quantitative estimate of drug-likeness (QED) is 0.618. The molecular weight excluding hydrogens is 220 g/mol. The molecule has 0 heterocycles. The molecule has 1 aliphatic carbocycles. The average Bonchev–Trinajstić information content (AvgIpc) is 2.69. The topological polar surface area (TPSA) is 38.0 Å². The molecule has 2 rings (SSSR count). The molecular formula is C16H26N2. The first-order chi connectivity index (χ1) is 8.90. The van der Waals surface area contributed by atoms with Gasteiger partial charge in [0.15, 0.2) is 0 Å². The van der Waals surface area contributed by atoms with Gasteiger partial charge in [0.05, 0.1) is 0 Å². The fraction of sp³-hybridized carbons (Fsp3) is 0.625. The third-order valence-corrected chi connectivity index (χ3v) is 3.96. The van der Waals surface area contributed by atoms with E-state index in [-0.39, 0.29) is 0 Å². The predicted molar refractivity (Wildman–Crippen MR) is 77.6 cm³/mol. The Morgan fingerprint density at radius 2 is 1.67 bits per heavy atom. The highest BCUT2D eigenvalue weighted by Gasteiger charge is 2.13. The summed E-state index contributed by atoms with van der Waals surface area (Å²) in [5.41, 5.74) is 8.37. The van der Waals surface area contributed by atoms with Gasteiger partial charge in [-0.1, -0.05) is 49.9 Å². The van der Waals surface area contributed by atoms with E-state index in [1.165, 1.54) is 44.1 Å². The molecule has 1 aliphatic rings. The normalized spacial score (nSPS) is 17.6. The summed E-state index contributed by atoms with van der Waals surface area (Å²) in [5, 5.41) is 3.34. The van der Waals surface area contributed by atoms with Crippen LogP contribution < -0.4 is 11.1 Å². The first-order valence-electron chi connectivity index (χ1n) is 7.40. The fourth-order valence-corrected chi connectivity index (χ4v) is 2.86. The molecule has 0 aliphatic heterocycles. The fourth-order valence-electron chi connectivity index (χ4n) is 2.86. The van der Waals surface area contributed by atoms with Crippen molar-refractivity contribution in [1.82, 2.24) is 5.32 Å². The summed E-state index contributed by atoms with van der Waals surface area (Å²) in [6.45, 7) is 2.53. The van der Waals surface area contributed by atoms with Crippen LogP contribution in [0.5, 0.6) is 0 Å². The van der Waals surface area contributed by atoms with Gasteiger partial charge in [0.1, 0.15) is 0 Å². The van der Waals surface area contributed by atoms with Crippen molar-refractivity contribution in [2.75, 3.05) is 13.1 Å². The van der Waals surface area contributed by atoms with Crippen molar-refractivity contribution >= 4 is 0 Å². The van der Waals surface area contributed by atoms with Crippen LogP contribution in [0.2, 0.25) is 0 Å². The lowest BCUT2D eigenvalue weighted by molar-refractivity contribution is 0.592. The summed E-state index contributed by atoms with van der Waals surface area (Å²) in [6.07, 6.45) is 8.43. The van der Waals surface area contributed by atoms with Crippen molar-refractivity contribution in [2.24, 2.45) is 5.73 Å².